The van der Waals surface area contributed by atoms with Crippen LogP contribution >= 0.6 is 0 Å². The zero-order valence-corrected chi connectivity index (χ0v) is 7.86. The zero-order chi connectivity index (χ0) is 9.84. The molecule has 0 saturated heterocycles. The quantitative estimate of drug-likeness (QED) is 0.312. The van der Waals surface area contributed by atoms with Crippen molar-refractivity contribution in [2.75, 3.05) is 0 Å². The van der Waals surface area contributed by atoms with Crippen LogP contribution in [0.1, 0.15) is 24.6 Å². The van der Waals surface area contributed by atoms with Crippen LogP contribution in [0.3, 0.4) is 0 Å². The normalized spacial score (nSPS) is 12.0. The van der Waals surface area contributed by atoms with E-state index >= 15 is 0 Å². The van der Waals surface area contributed by atoms with E-state index in [4.69, 9.17) is 10.9 Å². The van der Waals surface area contributed by atoms with E-state index in [0.717, 1.165) is 18.7 Å². The fraction of sp³-hybridized carbons (Fsp3) is 0.500. The van der Waals surface area contributed by atoms with E-state index in [9.17, 15) is 0 Å². The molecule has 0 aromatic carbocycles. The Morgan fingerprint density at radius 3 is 3.00 bits per heavy atom. The molecule has 0 unspecified atom stereocenters. The molecular weight excluding hydrogens is 168 g/mol. The molecule has 5 heteroatoms. The van der Waals surface area contributed by atoms with Crippen molar-refractivity contribution in [2.45, 2.75) is 26.8 Å². The molecule has 1 heterocycles. The van der Waals surface area contributed by atoms with Gasteiger partial charge in [0.05, 0.1) is 11.3 Å². The van der Waals surface area contributed by atoms with Crippen LogP contribution in [0.15, 0.2) is 11.4 Å². The Bertz CT molecular complexity index is 316. The topological polar surface area (TPSA) is 76.4 Å². The summed E-state index contributed by atoms with van der Waals surface area (Å²) in [7, 11) is 0. The van der Waals surface area contributed by atoms with E-state index in [0.29, 0.717) is 5.56 Å². The van der Waals surface area contributed by atoms with Gasteiger partial charge in [0.15, 0.2) is 5.84 Å². The number of nitrogens with two attached hydrogens (primary N) is 1. The predicted octanol–water partition coefficient (Wildman–Crippen LogP) is 0.696. The van der Waals surface area contributed by atoms with E-state index in [1.54, 1.807) is 10.9 Å². The maximum atomic E-state index is 8.48. The van der Waals surface area contributed by atoms with Gasteiger partial charge >= 0.3 is 0 Å². The molecule has 1 aromatic rings. The lowest BCUT2D eigenvalue weighted by Crippen LogP contribution is -2.13. The molecule has 5 nitrogen and oxygen atoms in total. The molecule has 13 heavy (non-hydrogen) atoms. The van der Waals surface area contributed by atoms with E-state index < -0.39 is 0 Å². The third kappa shape index (κ3) is 1.99. The van der Waals surface area contributed by atoms with Crippen LogP contribution in [0.4, 0.5) is 0 Å². The van der Waals surface area contributed by atoms with Gasteiger partial charge in [0.1, 0.15) is 0 Å². The van der Waals surface area contributed by atoms with Gasteiger partial charge in [-0.15, -0.1) is 0 Å². The fourth-order valence-electron chi connectivity index (χ4n) is 1.17. The minimum atomic E-state index is 0.111. The summed E-state index contributed by atoms with van der Waals surface area (Å²) in [6.07, 6.45) is 2.80. The maximum Gasteiger partial charge on any atom is 0.173 e. The largest absolute Gasteiger partial charge is 0.409 e. The summed E-state index contributed by atoms with van der Waals surface area (Å²) in [4.78, 5) is 0. The van der Waals surface area contributed by atoms with Gasteiger partial charge in [-0.05, 0) is 13.3 Å². The van der Waals surface area contributed by atoms with Crippen molar-refractivity contribution in [1.29, 1.82) is 0 Å². The fourth-order valence-corrected chi connectivity index (χ4v) is 1.17. The van der Waals surface area contributed by atoms with Crippen LogP contribution in [0, 0.1) is 6.92 Å². The molecule has 0 bridgehead atoms. The van der Waals surface area contributed by atoms with E-state index in [2.05, 4.69) is 17.2 Å². The molecule has 0 fully saturated rings. The number of rotatable bonds is 3. The first-order valence-corrected chi connectivity index (χ1v) is 4.21. The Labute approximate surface area is 76.8 Å². The van der Waals surface area contributed by atoms with E-state index in [-0.39, 0.29) is 5.84 Å². The van der Waals surface area contributed by atoms with Gasteiger partial charge in [-0.2, -0.15) is 5.10 Å². The molecule has 3 N–H and O–H groups in total. The molecule has 0 amide bonds. The molecule has 0 aliphatic carbocycles. The van der Waals surface area contributed by atoms with Crippen LogP contribution in [0.25, 0.3) is 0 Å². The number of nitrogens with zero attached hydrogens (tertiary/aromatic N) is 3. The first kappa shape index (κ1) is 9.57. The molecule has 0 saturated carbocycles. The summed E-state index contributed by atoms with van der Waals surface area (Å²) in [6, 6.07) is 0. The monoisotopic (exact) mass is 182 g/mol. The molecule has 1 rings (SSSR count). The lowest BCUT2D eigenvalue weighted by Gasteiger charge is -1.94. The number of amidine groups is 1. The predicted molar refractivity (Wildman–Crippen MR) is 49.8 cm³/mol. The first-order chi connectivity index (χ1) is 6.19. The highest BCUT2D eigenvalue weighted by Crippen LogP contribution is 2.05. The number of aryl methyl sites for hydroxylation is 2. The molecule has 0 atom stereocenters. The Morgan fingerprint density at radius 1 is 1.77 bits per heavy atom. The zero-order valence-electron chi connectivity index (χ0n) is 7.86. The van der Waals surface area contributed by atoms with Gasteiger partial charge in [-0.1, -0.05) is 12.1 Å². The lowest BCUT2D eigenvalue weighted by atomic mass is 10.2. The number of aromatic nitrogens is 2. The summed E-state index contributed by atoms with van der Waals surface area (Å²) in [5.41, 5.74) is 6.92. The van der Waals surface area contributed by atoms with Crippen LogP contribution in [-0.2, 0) is 6.54 Å². The average molecular weight is 182 g/mol. The molecule has 0 aliphatic heterocycles. The molecule has 72 valence electrons. The van der Waals surface area contributed by atoms with Crippen molar-refractivity contribution >= 4 is 5.84 Å². The highest BCUT2D eigenvalue weighted by molar-refractivity contribution is 5.97. The van der Waals surface area contributed by atoms with Crippen LogP contribution in [0.2, 0.25) is 0 Å². The van der Waals surface area contributed by atoms with E-state index in [1.165, 1.54) is 0 Å². The minimum Gasteiger partial charge on any atom is -0.409 e. The van der Waals surface area contributed by atoms with Crippen molar-refractivity contribution in [2.24, 2.45) is 10.9 Å². The van der Waals surface area contributed by atoms with Gasteiger partial charge in [-0.3, -0.25) is 4.68 Å². The Balaban J connectivity index is 2.96. The SMILES string of the molecule is CCCn1cc(/C(N)=N\O)c(C)n1. The number of oxime groups is 1. The average Bonchev–Trinajstić information content (AvgIpc) is 2.46. The maximum absolute atomic E-state index is 8.48. The number of hydrogen-bond donors (Lipinski definition) is 2. The first-order valence-electron chi connectivity index (χ1n) is 4.21. The van der Waals surface area contributed by atoms with Crippen LogP contribution < -0.4 is 5.73 Å². The second kappa shape index (κ2) is 3.93. The third-order valence-corrected chi connectivity index (χ3v) is 1.78. The second-order valence-electron chi connectivity index (χ2n) is 2.88. The highest BCUT2D eigenvalue weighted by Gasteiger charge is 2.07. The van der Waals surface area contributed by atoms with Gasteiger partial charge in [0, 0.05) is 12.7 Å². The molecule has 0 spiro atoms. The lowest BCUT2D eigenvalue weighted by molar-refractivity contribution is 0.318. The minimum absolute atomic E-state index is 0.111. The molecule has 1 aromatic heterocycles. The van der Waals surface area contributed by atoms with Gasteiger partial charge < -0.3 is 10.9 Å². The van der Waals surface area contributed by atoms with Crippen molar-refractivity contribution < 1.29 is 5.21 Å². The standard InChI is InChI=1S/C8H14N4O/c1-3-4-12-5-7(6(2)10-12)8(9)11-13/h5,13H,3-4H2,1-2H3,(H2,9,11). The second-order valence-corrected chi connectivity index (χ2v) is 2.88. The molecule has 0 radical (unpaired) electrons. The number of hydrogen-bond acceptors (Lipinski definition) is 3. The Kier molecular flexibility index (Phi) is 2.89. The molecular formula is C8H14N4O. The van der Waals surface area contributed by atoms with Crippen LogP contribution in [-0.4, -0.2) is 20.8 Å². The summed E-state index contributed by atoms with van der Waals surface area (Å²) in [5, 5.41) is 15.6. The van der Waals surface area contributed by atoms with Gasteiger partial charge in [0.2, 0.25) is 0 Å². The Morgan fingerprint density at radius 2 is 2.46 bits per heavy atom. The summed E-state index contributed by atoms with van der Waals surface area (Å²) < 4.78 is 1.79. The third-order valence-electron chi connectivity index (χ3n) is 1.78. The summed E-state index contributed by atoms with van der Waals surface area (Å²) in [5.74, 6) is 0.111. The van der Waals surface area contributed by atoms with Crippen molar-refractivity contribution in [3.8, 4) is 0 Å². The van der Waals surface area contributed by atoms with Gasteiger partial charge in [-0.25, -0.2) is 0 Å². The van der Waals surface area contributed by atoms with Crippen LogP contribution in [0.5, 0.6) is 0 Å². The summed E-state index contributed by atoms with van der Waals surface area (Å²) in [6.45, 7) is 4.75. The van der Waals surface area contributed by atoms with Crippen molar-refractivity contribution in [1.82, 2.24) is 9.78 Å². The van der Waals surface area contributed by atoms with Crippen molar-refractivity contribution in [3.63, 3.8) is 0 Å². The highest BCUT2D eigenvalue weighted by atomic mass is 16.4. The molecule has 0 aliphatic rings. The Hall–Kier alpha value is -1.52. The smallest absolute Gasteiger partial charge is 0.173 e. The van der Waals surface area contributed by atoms with E-state index in [1.807, 2.05) is 6.92 Å². The summed E-state index contributed by atoms with van der Waals surface area (Å²) >= 11 is 0. The van der Waals surface area contributed by atoms with Gasteiger partial charge in [0.25, 0.3) is 0 Å². The van der Waals surface area contributed by atoms with Crippen molar-refractivity contribution in [3.05, 3.63) is 17.5 Å².